The van der Waals surface area contributed by atoms with E-state index >= 15 is 0 Å². The summed E-state index contributed by atoms with van der Waals surface area (Å²) in [4.78, 5) is 33.2. The number of benzene rings is 2. The van der Waals surface area contributed by atoms with Crippen LogP contribution in [-0.4, -0.2) is 19.6 Å². The highest BCUT2D eigenvalue weighted by molar-refractivity contribution is 6.23. The molecule has 0 aliphatic carbocycles. The van der Waals surface area contributed by atoms with Gasteiger partial charge in [-0.15, -0.1) is 0 Å². The molecule has 5 aromatic rings. The number of hydrogen-bond donors (Lipinski definition) is 1. The van der Waals surface area contributed by atoms with Gasteiger partial charge in [0, 0.05) is 27.7 Å². The lowest BCUT2D eigenvalue weighted by Gasteiger charge is -2.13. The summed E-state index contributed by atoms with van der Waals surface area (Å²) < 4.78 is 1.30. The second-order valence-electron chi connectivity index (χ2n) is 6.00. The van der Waals surface area contributed by atoms with Gasteiger partial charge >= 0.3 is 0 Å². The summed E-state index contributed by atoms with van der Waals surface area (Å²) in [7, 11) is 0. The van der Waals surface area contributed by atoms with Crippen LogP contribution in [0.2, 0.25) is 0 Å². The lowest BCUT2D eigenvalue weighted by atomic mass is 10.00. The summed E-state index contributed by atoms with van der Waals surface area (Å²) in [6.45, 7) is 0.166. The van der Waals surface area contributed by atoms with Gasteiger partial charge in [0.25, 0.3) is 11.1 Å². The molecule has 0 spiro atoms. The molecule has 3 heterocycles. The maximum atomic E-state index is 12.9. The molecule has 25 heavy (non-hydrogen) atoms. The van der Waals surface area contributed by atoms with Gasteiger partial charge in [0.1, 0.15) is 0 Å². The summed E-state index contributed by atoms with van der Waals surface area (Å²) in [6, 6.07) is 12.1. The fraction of sp³-hybridized carbons (Fsp3) is 0.0526. The average molecular weight is 329 g/mol. The minimum absolute atomic E-state index is 0.133. The van der Waals surface area contributed by atoms with Gasteiger partial charge in [0.15, 0.2) is 0 Å². The summed E-state index contributed by atoms with van der Waals surface area (Å²) in [6.07, 6.45) is 1.64. The van der Waals surface area contributed by atoms with Gasteiger partial charge in [-0.3, -0.25) is 19.1 Å². The number of aromatic nitrogens is 3. The minimum atomic E-state index is -0.321. The maximum Gasteiger partial charge on any atom is 0.278 e. The van der Waals surface area contributed by atoms with Crippen molar-refractivity contribution < 1.29 is 5.11 Å². The van der Waals surface area contributed by atoms with E-state index < -0.39 is 0 Å². The van der Waals surface area contributed by atoms with Crippen molar-refractivity contribution in [2.45, 2.75) is 6.54 Å². The highest BCUT2D eigenvalue weighted by Crippen LogP contribution is 2.35. The Kier molecular flexibility index (Phi) is 2.62. The van der Waals surface area contributed by atoms with E-state index in [2.05, 4.69) is 9.97 Å². The molecule has 1 N–H and O–H groups in total. The first kappa shape index (κ1) is 13.9. The van der Waals surface area contributed by atoms with E-state index in [1.54, 1.807) is 42.6 Å². The minimum Gasteiger partial charge on any atom is -0.494 e. The van der Waals surface area contributed by atoms with E-state index in [4.69, 9.17) is 0 Å². The van der Waals surface area contributed by atoms with Crippen LogP contribution in [0, 0.1) is 0 Å². The Labute approximate surface area is 140 Å². The zero-order chi connectivity index (χ0) is 17.1. The van der Waals surface area contributed by atoms with Gasteiger partial charge in [0.05, 0.1) is 23.1 Å². The topological polar surface area (TPSA) is 85.1 Å². The lowest BCUT2D eigenvalue weighted by molar-refractivity contribution is 0.422. The highest BCUT2D eigenvalue weighted by Gasteiger charge is 2.20. The van der Waals surface area contributed by atoms with Crippen molar-refractivity contribution in [3.8, 4) is 5.88 Å². The normalized spacial score (nSPS) is 11.8. The molecule has 0 radical (unpaired) electrons. The van der Waals surface area contributed by atoms with Crippen LogP contribution in [0.3, 0.4) is 0 Å². The molecule has 3 aromatic heterocycles. The molecule has 120 valence electrons. The van der Waals surface area contributed by atoms with E-state index in [1.807, 2.05) is 6.07 Å². The van der Waals surface area contributed by atoms with Crippen molar-refractivity contribution in [1.29, 1.82) is 0 Å². The Hall–Kier alpha value is -3.54. The molecule has 0 atom stereocenters. The van der Waals surface area contributed by atoms with Gasteiger partial charge in [-0.05, 0) is 36.4 Å². The van der Waals surface area contributed by atoms with Crippen molar-refractivity contribution in [3.63, 3.8) is 0 Å². The molecule has 0 bridgehead atoms. The van der Waals surface area contributed by atoms with Crippen LogP contribution in [0.15, 0.2) is 58.3 Å². The van der Waals surface area contributed by atoms with Gasteiger partial charge in [-0.2, -0.15) is 0 Å². The molecule has 6 heteroatoms. The third-order valence-corrected chi connectivity index (χ3v) is 4.61. The first-order valence-electron chi connectivity index (χ1n) is 7.79. The third kappa shape index (κ3) is 1.79. The first-order chi connectivity index (χ1) is 12.1. The average Bonchev–Trinajstić information content (AvgIpc) is 2.97. The summed E-state index contributed by atoms with van der Waals surface area (Å²) in [5.41, 5.74) is 0.574. The molecule has 0 saturated heterocycles. The van der Waals surface area contributed by atoms with Crippen LogP contribution in [0.1, 0.15) is 5.69 Å². The standard InChI is InChI=1S/C19H11N3O3/c23-17-11-4-5-12-15-13(6-7-14(21-17)16(11)15)19(25)22(18(12)24)9-10-3-1-2-8-20-10/h1-8,25H,9H2. The molecule has 0 amide bonds. The summed E-state index contributed by atoms with van der Waals surface area (Å²) >= 11 is 0. The predicted octanol–water partition coefficient (Wildman–Crippen LogP) is 2.09. The van der Waals surface area contributed by atoms with E-state index in [-0.39, 0.29) is 23.5 Å². The van der Waals surface area contributed by atoms with Crippen LogP contribution in [-0.2, 0) is 6.54 Å². The van der Waals surface area contributed by atoms with Gasteiger partial charge < -0.3 is 5.11 Å². The first-order valence-corrected chi connectivity index (χ1v) is 7.79. The summed E-state index contributed by atoms with van der Waals surface area (Å²) in [5.74, 6) is -0.133. The van der Waals surface area contributed by atoms with Crippen LogP contribution in [0.25, 0.3) is 32.4 Å². The Balaban J connectivity index is 1.92. The number of hydrogen-bond acceptors (Lipinski definition) is 5. The Bertz CT molecular complexity index is 1360. The van der Waals surface area contributed by atoms with Crippen LogP contribution < -0.4 is 11.1 Å². The second kappa shape index (κ2) is 4.73. The van der Waals surface area contributed by atoms with E-state index in [1.165, 1.54) is 4.57 Å². The molecule has 0 fully saturated rings. The lowest BCUT2D eigenvalue weighted by Crippen LogP contribution is -2.21. The summed E-state index contributed by atoms with van der Waals surface area (Å²) in [5, 5.41) is 13.4. The van der Waals surface area contributed by atoms with Crippen molar-refractivity contribution in [1.82, 2.24) is 14.5 Å². The van der Waals surface area contributed by atoms with E-state index in [9.17, 15) is 14.7 Å². The molecular formula is C19H11N3O3. The fourth-order valence-electron chi connectivity index (χ4n) is 3.47. The molecular weight excluding hydrogens is 318 g/mol. The monoisotopic (exact) mass is 329 g/mol. The molecule has 0 unspecified atom stereocenters. The van der Waals surface area contributed by atoms with Gasteiger partial charge in [-0.25, -0.2) is 4.98 Å². The predicted molar refractivity (Wildman–Crippen MR) is 94.7 cm³/mol. The van der Waals surface area contributed by atoms with Crippen molar-refractivity contribution >= 4 is 32.4 Å². The maximum absolute atomic E-state index is 12.9. The van der Waals surface area contributed by atoms with Crippen LogP contribution >= 0.6 is 0 Å². The number of pyridine rings is 2. The quantitative estimate of drug-likeness (QED) is 0.536. The Morgan fingerprint density at radius 1 is 0.920 bits per heavy atom. The third-order valence-electron chi connectivity index (χ3n) is 4.61. The Morgan fingerprint density at radius 2 is 1.72 bits per heavy atom. The van der Waals surface area contributed by atoms with E-state index in [0.29, 0.717) is 38.1 Å². The zero-order valence-corrected chi connectivity index (χ0v) is 12.9. The second-order valence-corrected chi connectivity index (χ2v) is 6.00. The van der Waals surface area contributed by atoms with Gasteiger partial charge in [0.2, 0.25) is 5.88 Å². The molecule has 0 aliphatic heterocycles. The molecule has 2 aromatic carbocycles. The molecule has 0 aliphatic rings. The van der Waals surface area contributed by atoms with Crippen LogP contribution in [0.4, 0.5) is 0 Å². The number of aromatic hydroxyl groups is 1. The smallest absolute Gasteiger partial charge is 0.278 e. The molecule has 5 rings (SSSR count). The van der Waals surface area contributed by atoms with Crippen molar-refractivity contribution in [2.24, 2.45) is 0 Å². The van der Waals surface area contributed by atoms with Crippen molar-refractivity contribution in [2.75, 3.05) is 0 Å². The van der Waals surface area contributed by atoms with Crippen LogP contribution in [0.5, 0.6) is 5.88 Å². The molecule has 0 saturated carbocycles. The highest BCUT2D eigenvalue weighted by atomic mass is 16.3. The number of nitrogens with zero attached hydrogens (tertiary/aromatic N) is 3. The largest absolute Gasteiger partial charge is 0.494 e. The fourth-order valence-corrected chi connectivity index (χ4v) is 3.47. The van der Waals surface area contributed by atoms with E-state index in [0.717, 1.165) is 0 Å². The number of rotatable bonds is 2. The van der Waals surface area contributed by atoms with Crippen molar-refractivity contribution in [3.05, 3.63) is 75.1 Å². The Morgan fingerprint density at radius 3 is 2.52 bits per heavy atom. The molecule has 6 nitrogen and oxygen atoms in total. The zero-order valence-electron chi connectivity index (χ0n) is 12.9. The SMILES string of the molecule is O=c1nc2ccc3c(O)n(Cc4ccccn4)c(=O)c4ccc1c2c34. The van der Waals surface area contributed by atoms with Gasteiger partial charge in [-0.1, -0.05) is 6.07 Å².